The van der Waals surface area contributed by atoms with E-state index in [0.29, 0.717) is 24.3 Å². The number of benzene rings is 1. The van der Waals surface area contributed by atoms with Crippen LogP contribution in [0.1, 0.15) is 22.3 Å². The number of hydrogen-bond donors (Lipinski definition) is 3. The molecule has 4 nitrogen and oxygen atoms in total. The van der Waals surface area contributed by atoms with Gasteiger partial charge in [-0.05, 0) is 37.6 Å². The molecule has 0 atom stereocenters. The highest BCUT2D eigenvalue weighted by molar-refractivity contribution is 5.95. The van der Waals surface area contributed by atoms with E-state index in [9.17, 15) is 4.79 Å². The summed E-state index contributed by atoms with van der Waals surface area (Å²) < 4.78 is 0. The van der Waals surface area contributed by atoms with E-state index in [-0.39, 0.29) is 5.91 Å². The lowest BCUT2D eigenvalue weighted by Crippen LogP contribution is -2.26. The van der Waals surface area contributed by atoms with Crippen LogP contribution in [0.3, 0.4) is 0 Å². The van der Waals surface area contributed by atoms with Crippen LogP contribution < -0.4 is 16.8 Å². The molecule has 5 N–H and O–H groups in total. The maximum atomic E-state index is 11.6. The van der Waals surface area contributed by atoms with Gasteiger partial charge in [0, 0.05) is 17.8 Å². The van der Waals surface area contributed by atoms with E-state index in [1.54, 1.807) is 12.1 Å². The molecule has 0 aromatic heterocycles. The van der Waals surface area contributed by atoms with Crippen molar-refractivity contribution in [2.24, 2.45) is 5.73 Å². The van der Waals surface area contributed by atoms with Crippen molar-refractivity contribution in [2.45, 2.75) is 13.3 Å². The predicted octanol–water partition coefficient (Wildman–Crippen LogP) is 0.656. The molecule has 0 saturated carbocycles. The van der Waals surface area contributed by atoms with Gasteiger partial charge in [0.2, 0.25) is 0 Å². The second-order valence-corrected chi connectivity index (χ2v) is 3.47. The fraction of sp³-hybridized carbons (Fsp3) is 0.364. The number of carbonyl (C=O) groups is 1. The standard InChI is InChI=1S/C11H17N3O/c1-8-3-4-9(7-10(8)13)11(15)14-6-2-5-12/h3-4,7H,2,5-6,12-13H2,1H3,(H,14,15). The Kier molecular flexibility index (Phi) is 4.12. The van der Waals surface area contributed by atoms with Crippen molar-refractivity contribution in [3.8, 4) is 0 Å². The van der Waals surface area contributed by atoms with Crippen LogP contribution in [0.4, 0.5) is 5.69 Å². The number of aryl methyl sites for hydroxylation is 1. The molecule has 0 spiro atoms. The van der Waals surface area contributed by atoms with Crippen molar-refractivity contribution < 1.29 is 4.79 Å². The monoisotopic (exact) mass is 207 g/mol. The number of anilines is 1. The highest BCUT2D eigenvalue weighted by atomic mass is 16.1. The van der Waals surface area contributed by atoms with Crippen LogP contribution in [0.5, 0.6) is 0 Å². The average Bonchev–Trinajstić information content (AvgIpc) is 2.22. The van der Waals surface area contributed by atoms with E-state index in [2.05, 4.69) is 5.32 Å². The van der Waals surface area contributed by atoms with Crippen molar-refractivity contribution in [3.05, 3.63) is 29.3 Å². The van der Waals surface area contributed by atoms with Crippen molar-refractivity contribution in [1.29, 1.82) is 0 Å². The molecule has 0 unspecified atom stereocenters. The zero-order valence-corrected chi connectivity index (χ0v) is 8.92. The third kappa shape index (κ3) is 3.25. The third-order valence-corrected chi connectivity index (χ3v) is 2.21. The second-order valence-electron chi connectivity index (χ2n) is 3.47. The normalized spacial score (nSPS) is 10.0. The molecule has 0 aliphatic rings. The summed E-state index contributed by atoms with van der Waals surface area (Å²) in [6.45, 7) is 3.09. The first-order chi connectivity index (χ1) is 7.15. The number of nitrogens with one attached hydrogen (secondary N) is 1. The van der Waals surface area contributed by atoms with Crippen LogP contribution in [-0.4, -0.2) is 19.0 Å². The van der Waals surface area contributed by atoms with Crippen molar-refractivity contribution in [2.75, 3.05) is 18.8 Å². The Balaban J connectivity index is 2.62. The Morgan fingerprint density at radius 1 is 1.47 bits per heavy atom. The van der Waals surface area contributed by atoms with E-state index >= 15 is 0 Å². The lowest BCUT2D eigenvalue weighted by atomic mass is 10.1. The van der Waals surface area contributed by atoms with Gasteiger partial charge in [0.1, 0.15) is 0 Å². The zero-order valence-electron chi connectivity index (χ0n) is 8.92. The lowest BCUT2D eigenvalue weighted by molar-refractivity contribution is 0.0953. The second kappa shape index (κ2) is 5.36. The third-order valence-electron chi connectivity index (χ3n) is 2.21. The molecule has 0 heterocycles. The summed E-state index contributed by atoms with van der Waals surface area (Å²) in [5, 5.41) is 2.77. The van der Waals surface area contributed by atoms with E-state index in [4.69, 9.17) is 11.5 Å². The Morgan fingerprint density at radius 2 is 2.20 bits per heavy atom. The van der Waals surface area contributed by atoms with Crippen LogP contribution in [0, 0.1) is 6.92 Å². The summed E-state index contributed by atoms with van der Waals surface area (Å²) in [5.74, 6) is -0.102. The van der Waals surface area contributed by atoms with Crippen molar-refractivity contribution in [1.82, 2.24) is 5.32 Å². The minimum Gasteiger partial charge on any atom is -0.398 e. The van der Waals surface area contributed by atoms with Crippen molar-refractivity contribution >= 4 is 11.6 Å². The molecular weight excluding hydrogens is 190 g/mol. The molecule has 0 radical (unpaired) electrons. The van der Waals surface area contributed by atoms with Gasteiger partial charge in [-0.15, -0.1) is 0 Å². The SMILES string of the molecule is Cc1ccc(C(=O)NCCCN)cc1N. The van der Waals surface area contributed by atoms with Crippen LogP contribution in [0.2, 0.25) is 0 Å². The first-order valence-electron chi connectivity index (χ1n) is 4.99. The van der Waals surface area contributed by atoms with E-state index in [1.807, 2.05) is 13.0 Å². The topological polar surface area (TPSA) is 81.1 Å². The molecular formula is C11H17N3O. The van der Waals surface area contributed by atoms with Gasteiger partial charge in [0.15, 0.2) is 0 Å². The number of amides is 1. The minimum atomic E-state index is -0.102. The van der Waals surface area contributed by atoms with Crippen LogP contribution in [-0.2, 0) is 0 Å². The van der Waals surface area contributed by atoms with Crippen LogP contribution in [0.15, 0.2) is 18.2 Å². The van der Waals surface area contributed by atoms with Crippen LogP contribution >= 0.6 is 0 Å². The van der Waals surface area contributed by atoms with E-state index in [1.165, 1.54) is 0 Å². The van der Waals surface area contributed by atoms with Gasteiger partial charge >= 0.3 is 0 Å². The maximum Gasteiger partial charge on any atom is 0.251 e. The summed E-state index contributed by atoms with van der Waals surface area (Å²) >= 11 is 0. The summed E-state index contributed by atoms with van der Waals surface area (Å²) in [4.78, 5) is 11.6. The molecule has 0 saturated heterocycles. The number of nitrogen functional groups attached to an aromatic ring is 1. The Morgan fingerprint density at radius 3 is 2.80 bits per heavy atom. The zero-order chi connectivity index (χ0) is 11.3. The smallest absolute Gasteiger partial charge is 0.251 e. The van der Waals surface area contributed by atoms with Crippen molar-refractivity contribution in [3.63, 3.8) is 0 Å². The molecule has 0 aliphatic heterocycles. The minimum absolute atomic E-state index is 0.102. The molecule has 1 aromatic carbocycles. The maximum absolute atomic E-state index is 11.6. The molecule has 1 rings (SSSR count). The Labute approximate surface area is 89.6 Å². The number of hydrogen-bond acceptors (Lipinski definition) is 3. The summed E-state index contributed by atoms with van der Waals surface area (Å²) in [6, 6.07) is 5.30. The first kappa shape index (κ1) is 11.5. The van der Waals surface area contributed by atoms with Gasteiger partial charge in [-0.1, -0.05) is 6.07 Å². The molecule has 0 bridgehead atoms. The summed E-state index contributed by atoms with van der Waals surface area (Å²) in [5.41, 5.74) is 13.3. The quantitative estimate of drug-likeness (QED) is 0.501. The predicted molar refractivity (Wildman–Crippen MR) is 61.6 cm³/mol. The Hall–Kier alpha value is -1.55. The average molecular weight is 207 g/mol. The molecule has 15 heavy (non-hydrogen) atoms. The number of carbonyl (C=O) groups excluding carboxylic acids is 1. The molecule has 0 fully saturated rings. The molecule has 0 aliphatic carbocycles. The van der Waals surface area contributed by atoms with Gasteiger partial charge in [0.05, 0.1) is 0 Å². The highest BCUT2D eigenvalue weighted by Gasteiger charge is 2.05. The summed E-state index contributed by atoms with van der Waals surface area (Å²) in [7, 11) is 0. The molecule has 1 aromatic rings. The number of rotatable bonds is 4. The lowest BCUT2D eigenvalue weighted by Gasteiger charge is -2.06. The van der Waals surface area contributed by atoms with Crippen LogP contribution in [0.25, 0.3) is 0 Å². The number of nitrogens with two attached hydrogens (primary N) is 2. The highest BCUT2D eigenvalue weighted by Crippen LogP contribution is 2.12. The Bertz CT molecular complexity index is 350. The molecule has 82 valence electrons. The van der Waals surface area contributed by atoms with Gasteiger partial charge < -0.3 is 16.8 Å². The van der Waals surface area contributed by atoms with E-state index < -0.39 is 0 Å². The van der Waals surface area contributed by atoms with Gasteiger partial charge in [-0.2, -0.15) is 0 Å². The molecule has 1 amide bonds. The van der Waals surface area contributed by atoms with E-state index in [0.717, 1.165) is 12.0 Å². The van der Waals surface area contributed by atoms with Gasteiger partial charge in [-0.25, -0.2) is 0 Å². The summed E-state index contributed by atoms with van der Waals surface area (Å²) in [6.07, 6.45) is 0.785. The fourth-order valence-corrected chi connectivity index (χ4v) is 1.19. The largest absolute Gasteiger partial charge is 0.398 e. The molecule has 4 heteroatoms. The van der Waals surface area contributed by atoms with Gasteiger partial charge in [-0.3, -0.25) is 4.79 Å². The first-order valence-corrected chi connectivity index (χ1v) is 4.99. The fourth-order valence-electron chi connectivity index (χ4n) is 1.19. The van der Waals surface area contributed by atoms with Gasteiger partial charge in [0.25, 0.3) is 5.91 Å².